The van der Waals surface area contributed by atoms with Crippen molar-refractivity contribution < 1.29 is 9.47 Å². The number of hydrogen-bond acceptors (Lipinski definition) is 2. The van der Waals surface area contributed by atoms with Crippen molar-refractivity contribution in [2.75, 3.05) is 13.2 Å². The second-order valence-corrected chi connectivity index (χ2v) is 3.27. The second kappa shape index (κ2) is 2.71. The van der Waals surface area contributed by atoms with Gasteiger partial charge in [0.25, 0.3) is 0 Å². The Morgan fingerprint density at radius 1 is 1.58 bits per heavy atom. The summed E-state index contributed by atoms with van der Waals surface area (Å²) in [6, 6.07) is 0. The predicted molar refractivity (Wildman–Crippen MR) is 46.7 cm³/mol. The number of rotatable bonds is 5. The van der Waals surface area contributed by atoms with Gasteiger partial charge >= 0.3 is 0 Å². The van der Waals surface area contributed by atoms with Gasteiger partial charge in [-0.05, 0) is 6.42 Å². The summed E-state index contributed by atoms with van der Waals surface area (Å²) in [4.78, 5) is 0. The molecular weight excluding hydrogens is 152 g/mol. The van der Waals surface area contributed by atoms with Gasteiger partial charge in [-0.15, -0.1) is 13.2 Å². The summed E-state index contributed by atoms with van der Waals surface area (Å²) < 4.78 is 10.5. The first-order valence-corrected chi connectivity index (χ1v) is 4.18. The maximum absolute atomic E-state index is 5.35. The molecule has 2 atom stereocenters. The molecule has 1 radical (unpaired) electrons. The average molecular weight is 165 g/mol. The van der Waals surface area contributed by atoms with Crippen molar-refractivity contribution in [3.05, 3.63) is 31.2 Å². The van der Waals surface area contributed by atoms with E-state index in [9.17, 15) is 0 Å². The van der Waals surface area contributed by atoms with Crippen LogP contribution in [0, 0.1) is 5.92 Å². The minimum atomic E-state index is -0.187. The van der Waals surface area contributed by atoms with E-state index >= 15 is 0 Å². The SMILES string of the molecule is C=C[C](CC1CO1)C1(C=C)CO1. The van der Waals surface area contributed by atoms with E-state index in [1.807, 2.05) is 12.2 Å². The fraction of sp³-hybridized carbons (Fsp3) is 0.500. The summed E-state index contributed by atoms with van der Waals surface area (Å²) in [5.74, 6) is 1.21. The first-order chi connectivity index (χ1) is 5.80. The Hall–Kier alpha value is -0.600. The molecular formula is C10H13O2. The first-order valence-electron chi connectivity index (χ1n) is 4.18. The summed E-state index contributed by atoms with van der Waals surface area (Å²) in [6.45, 7) is 9.17. The molecule has 2 fully saturated rings. The molecule has 0 amide bonds. The molecule has 2 heteroatoms. The molecule has 2 saturated heterocycles. The van der Waals surface area contributed by atoms with Crippen LogP contribution in [-0.2, 0) is 9.47 Å². The summed E-state index contributed by atoms with van der Waals surface area (Å²) >= 11 is 0. The molecule has 12 heavy (non-hydrogen) atoms. The summed E-state index contributed by atoms with van der Waals surface area (Å²) in [5, 5.41) is 0. The van der Waals surface area contributed by atoms with Gasteiger partial charge in [-0.25, -0.2) is 0 Å². The minimum absolute atomic E-state index is 0.187. The molecule has 0 bridgehead atoms. The molecule has 0 saturated carbocycles. The maximum atomic E-state index is 5.35. The first kappa shape index (κ1) is 8.02. The maximum Gasteiger partial charge on any atom is 0.119 e. The highest BCUT2D eigenvalue weighted by molar-refractivity contribution is 5.32. The van der Waals surface area contributed by atoms with E-state index in [2.05, 4.69) is 13.2 Å². The molecule has 2 nitrogen and oxygen atoms in total. The fourth-order valence-corrected chi connectivity index (χ4v) is 1.37. The van der Waals surface area contributed by atoms with Crippen molar-refractivity contribution in [2.24, 2.45) is 0 Å². The Morgan fingerprint density at radius 2 is 2.25 bits per heavy atom. The lowest BCUT2D eigenvalue weighted by Gasteiger charge is -2.14. The lowest BCUT2D eigenvalue weighted by atomic mass is 9.89. The fourth-order valence-electron chi connectivity index (χ4n) is 1.37. The third-order valence-corrected chi connectivity index (χ3v) is 2.42. The van der Waals surface area contributed by atoms with Crippen molar-refractivity contribution in [3.63, 3.8) is 0 Å². The third-order valence-electron chi connectivity index (χ3n) is 2.42. The lowest BCUT2D eigenvalue weighted by molar-refractivity contribution is 0.341. The number of ether oxygens (including phenoxy) is 2. The van der Waals surface area contributed by atoms with Gasteiger partial charge in [0.2, 0.25) is 0 Å². The van der Waals surface area contributed by atoms with E-state index in [1.165, 1.54) is 5.92 Å². The normalized spacial score (nSPS) is 37.9. The van der Waals surface area contributed by atoms with Gasteiger partial charge in [-0.2, -0.15) is 0 Å². The zero-order chi connectivity index (χ0) is 8.60. The highest BCUT2D eigenvalue weighted by atomic mass is 16.6. The van der Waals surface area contributed by atoms with Crippen LogP contribution in [0.3, 0.4) is 0 Å². The molecule has 0 aliphatic carbocycles. The van der Waals surface area contributed by atoms with Crippen molar-refractivity contribution >= 4 is 0 Å². The zero-order valence-corrected chi connectivity index (χ0v) is 7.08. The van der Waals surface area contributed by atoms with E-state index in [4.69, 9.17) is 9.47 Å². The van der Waals surface area contributed by atoms with Gasteiger partial charge in [0, 0.05) is 5.92 Å². The second-order valence-electron chi connectivity index (χ2n) is 3.27. The van der Waals surface area contributed by atoms with Gasteiger partial charge in [0.15, 0.2) is 0 Å². The van der Waals surface area contributed by atoms with E-state index in [1.54, 1.807) is 0 Å². The highest BCUT2D eigenvalue weighted by Crippen LogP contribution is 2.42. The van der Waals surface area contributed by atoms with Crippen LogP contribution in [0.5, 0.6) is 0 Å². The quantitative estimate of drug-likeness (QED) is 0.455. The highest BCUT2D eigenvalue weighted by Gasteiger charge is 2.49. The van der Waals surface area contributed by atoms with Crippen LogP contribution in [-0.4, -0.2) is 24.9 Å². The van der Waals surface area contributed by atoms with Crippen LogP contribution in [0.1, 0.15) is 6.42 Å². The lowest BCUT2D eigenvalue weighted by Crippen LogP contribution is -2.19. The minimum Gasteiger partial charge on any atom is -0.373 e. The molecule has 0 spiro atoms. The van der Waals surface area contributed by atoms with Crippen LogP contribution in [0.2, 0.25) is 0 Å². The number of hydrogen-bond donors (Lipinski definition) is 0. The molecule has 0 aromatic carbocycles. The molecule has 2 heterocycles. The monoisotopic (exact) mass is 165 g/mol. The van der Waals surface area contributed by atoms with Crippen molar-refractivity contribution in [2.45, 2.75) is 18.1 Å². The smallest absolute Gasteiger partial charge is 0.119 e. The predicted octanol–water partition coefficient (Wildman–Crippen LogP) is 1.49. The van der Waals surface area contributed by atoms with E-state index < -0.39 is 0 Å². The topological polar surface area (TPSA) is 25.1 Å². The Balaban J connectivity index is 1.96. The Bertz CT molecular complexity index is 202. The molecule has 0 aromatic rings. The van der Waals surface area contributed by atoms with E-state index in [0.29, 0.717) is 6.10 Å². The average Bonchev–Trinajstić information content (AvgIpc) is 2.95. The molecule has 0 N–H and O–H groups in total. The summed E-state index contributed by atoms with van der Waals surface area (Å²) in [6.07, 6.45) is 5.07. The van der Waals surface area contributed by atoms with Gasteiger partial charge in [0.1, 0.15) is 5.60 Å². The van der Waals surface area contributed by atoms with Crippen LogP contribution in [0.25, 0.3) is 0 Å². The molecule has 65 valence electrons. The Morgan fingerprint density at radius 3 is 2.58 bits per heavy atom. The van der Waals surface area contributed by atoms with Crippen molar-refractivity contribution in [3.8, 4) is 0 Å². The van der Waals surface area contributed by atoms with Gasteiger partial charge < -0.3 is 9.47 Å². The van der Waals surface area contributed by atoms with Gasteiger partial charge in [-0.3, -0.25) is 0 Å². The van der Waals surface area contributed by atoms with E-state index in [0.717, 1.165) is 19.6 Å². The van der Waals surface area contributed by atoms with Gasteiger partial charge in [0.05, 0.1) is 19.3 Å². The third kappa shape index (κ3) is 1.32. The van der Waals surface area contributed by atoms with Crippen LogP contribution in [0.15, 0.2) is 25.3 Å². The van der Waals surface area contributed by atoms with Crippen molar-refractivity contribution in [1.29, 1.82) is 0 Å². The largest absolute Gasteiger partial charge is 0.373 e. The van der Waals surface area contributed by atoms with Crippen LogP contribution in [0.4, 0.5) is 0 Å². The number of epoxide rings is 2. The van der Waals surface area contributed by atoms with E-state index in [-0.39, 0.29) is 5.60 Å². The Kier molecular flexibility index (Phi) is 1.81. The Labute approximate surface area is 72.9 Å². The molecule has 2 aliphatic rings. The standard InChI is InChI=1S/C10H13O2/c1-3-8(5-9-6-11-9)10(4-2)7-12-10/h3-4,9H,1-2,5-7H2. The molecule has 0 aromatic heterocycles. The van der Waals surface area contributed by atoms with Crippen LogP contribution >= 0.6 is 0 Å². The summed E-state index contributed by atoms with van der Waals surface area (Å²) in [5.41, 5.74) is -0.187. The molecule has 2 aliphatic heterocycles. The van der Waals surface area contributed by atoms with Gasteiger partial charge in [-0.1, -0.05) is 12.2 Å². The van der Waals surface area contributed by atoms with Crippen molar-refractivity contribution in [1.82, 2.24) is 0 Å². The zero-order valence-electron chi connectivity index (χ0n) is 7.08. The summed E-state index contributed by atoms with van der Waals surface area (Å²) in [7, 11) is 0. The molecule has 2 unspecified atom stereocenters. The van der Waals surface area contributed by atoms with Crippen LogP contribution < -0.4 is 0 Å². The molecule has 2 rings (SSSR count).